The zero-order chi connectivity index (χ0) is 11.1. The molecule has 0 unspecified atom stereocenters. The molecule has 0 aliphatic rings. The molecule has 0 atom stereocenters. The molecule has 0 aromatic heterocycles. The Labute approximate surface area is 87.5 Å². The number of carbonyl (C=O) groups excluding carboxylic acids is 2. The lowest BCUT2D eigenvalue weighted by molar-refractivity contribution is -0.129. The van der Waals surface area contributed by atoms with Crippen molar-refractivity contribution in [2.45, 2.75) is 12.8 Å². The van der Waals surface area contributed by atoms with Crippen molar-refractivity contribution >= 4 is 11.8 Å². The summed E-state index contributed by atoms with van der Waals surface area (Å²) < 4.78 is 0. The Hall–Kier alpha value is -2.15. The quantitative estimate of drug-likeness (QED) is 0.787. The van der Waals surface area contributed by atoms with Crippen molar-refractivity contribution in [2.24, 2.45) is 0 Å². The molecule has 1 N–H and O–H groups in total. The SMILES string of the molecule is N#CCC(=O)NC(=O)Cc1ccccc1. The number of nitriles is 1. The molecule has 15 heavy (non-hydrogen) atoms. The Morgan fingerprint density at radius 1 is 1.20 bits per heavy atom. The van der Waals surface area contributed by atoms with Crippen LogP contribution in [-0.4, -0.2) is 11.8 Å². The predicted octanol–water partition coefficient (Wildman–Crippen LogP) is 0.786. The number of carbonyl (C=O) groups is 2. The van der Waals surface area contributed by atoms with Gasteiger partial charge in [0.1, 0.15) is 6.42 Å². The molecule has 0 bridgehead atoms. The molecule has 0 aliphatic carbocycles. The van der Waals surface area contributed by atoms with Crippen LogP contribution in [-0.2, 0) is 16.0 Å². The summed E-state index contributed by atoms with van der Waals surface area (Å²) in [5, 5.41) is 10.3. The van der Waals surface area contributed by atoms with E-state index in [4.69, 9.17) is 5.26 Å². The van der Waals surface area contributed by atoms with Crippen molar-refractivity contribution in [3.05, 3.63) is 35.9 Å². The van der Waals surface area contributed by atoms with Gasteiger partial charge in [-0.1, -0.05) is 30.3 Å². The topological polar surface area (TPSA) is 70.0 Å². The number of hydrogen-bond donors (Lipinski definition) is 1. The average Bonchev–Trinajstić information content (AvgIpc) is 2.19. The van der Waals surface area contributed by atoms with Crippen molar-refractivity contribution < 1.29 is 9.59 Å². The minimum absolute atomic E-state index is 0.151. The van der Waals surface area contributed by atoms with Crippen molar-refractivity contribution in [2.75, 3.05) is 0 Å². The molecule has 0 radical (unpaired) electrons. The first-order chi connectivity index (χ1) is 7.22. The second-order valence-electron chi connectivity index (χ2n) is 2.97. The van der Waals surface area contributed by atoms with Crippen molar-refractivity contribution in [3.63, 3.8) is 0 Å². The second-order valence-corrected chi connectivity index (χ2v) is 2.97. The molecule has 1 aromatic carbocycles. The minimum atomic E-state index is -0.557. The number of imide groups is 1. The van der Waals surface area contributed by atoms with Gasteiger partial charge in [-0.2, -0.15) is 5.26 Å². The maximum Gasteiger partial charge on any atom is 0.240 e. The van der Waals surface area contributed by atoms with E-state index in [-0.39, 0.29) is 18.7 Å². The standard InChI is InChI=1S/C11H10N2O2/c12-7-6-10(14)13-11(15)8-9-4-2-1-3-5-9/h1-5H,6,8H2,(H,13,14,15). The third-order valence-electron chi connectivity index (χ3n) is 1.73. The van der Waals surface area contributed by atoms with Crippen LogP contribution in [0.15, 0.2) is 30.3 Å². The molecule has 2 amide bonds. The predicted molar refractivity (Wildman–Crippen MR) is 53.5 cm³/mol. The first-order valence-electron chi connectivity index (χ1n) is 4.46. The van der Waals surface area contributed by atoms with Gasteiger partial charge in [0.05, 0.1) is 12.5 Å². The third kappa shape index (κ3) is 4.05. The fourth-order valence-electron chi connectivity index (χ4n) is 1.10. The van der Waals surface area contributed by atoms with E-state index in [9.17, 15) is 9.59 Å². The van der Waals surface area contributed by atoms with Crippen LogP contribution in [0.25, 0.3) is 0 Å². The van der Waals surface area contributed by atoms with Gasteiger partial charge in [0, 0.05) is 0 Å². The van der Waals surface area contributed by atoms with Crippen molar-refractivity contribution in [1.29, 1.82) is 5.26 Å². The summed E-state index contributed by atoms with van der Waals surface area (Å²) in [6.07, 6.45) is -0.140. The Kier molecular flexibility index (Phi) is 4.05. The highest BCUT2D eigenvalue weighted by molar-refractivity contribution is 5.96. The van der Waals surface area contributed by atoms with E-state index in [1.165, 1.54) is 0 Å². The fraction of sp³-hybridized carbons (Fsp3) is 0.182. The zero-order valence-corrected chi connectivity index (χ0v) is 8.06. The molecule has 4 nitrogen and oxygen atoms in total. The van der Waals surface area contributed by atoms with Gasteiger partial charge in [-0.15, -0.1) is 0 Å². The summed E-state index contributed by atoms with van der Waals surface area (Å²) in [5.41, 5.74) is 0.833. The molecule has 4 heteroatoms. The maximum atomic E-state index is 11.3. The monoisotopic (exact) mass is 202 g/mol. The molecule has 0 aliphatic heterocycles. The number of nitrogens with one attached hydrogen (secondary N) is 1. The highest BCUT2D eigenvalue weighted by atomic mass is 16.2. The van der Waals surface area contributed by atoms with Crippen LogP contribution < -0.4 is 5.32 Å². The molecule has 1 aromatic rings. The smallest absolute Gasteiger partial charge is 0.240 e. The largest absolute Gasteiger partial charge is 0.295 e. The number of benzene rings is 1. The number of nitrogens with zero attached hydrogens (tertiary/aromatic N) is 1. The van der Waals surface area contributed by atoms with Gasteiger partial charge in [-0.3, -0.25) is 14.9 Å². The normalized spacial score (nSPS) is 9.00. The van der Waals surface area contributed by atoms with E-state index in [0.717, 1.165) is 5.56 Å². The lowest BCUT2D eigenvalue weighted by Gasteiger charge is -2.01. The van der Waals surface area contributed by atoms with Crippen LogP contribution in [0, 0.1) is 11.3 Å². The Morgan fingerprint density at radius 2 is 1.87 bits per heavy atom. The summed E-state index contributed by atoms with van der Waals surface area (Å²) in [6, 6.07) is 10.8. The Bertz CT molecular complexity index is 393. The molecule has 0 fully saturated rings. The molecule has 0 saturated carbocycles. The van der Waals surface area contributed by atoms with Gasteiger partial charge in [0.15, 0.2) is 0 Å². The summed E-state index contributed by atoms with van der Waals surface area (Å²) in [6.45, 7) is 0. The van der Waals surface area contributed by atoms with Gasteiger partial charge >= 0.3 is 0 Å². The van der Waals surface area contributed by atoms with E-state index < -0.39 is 5.91 Å². The van der Waals surface area contributed by atoms with E-state index in [0.29, 0.717) is 0 Å². The average molecular weight is 202 g/mol. The second kappa shape index (κ2) is 5.55. The molecule has 1 rings (SSSR count). The van der Waals surface area contributed by atoms with Gasteiger partial charge in [0.25, 0.3) is 0 Å². The first-order valence-corrected chi connectivity index (χ1v) is 4.46. The van der Waals surface area contributed by atoms with Gasteiger partial charge < -0.3 is 0 Å². The molecular formula is C11H10N2O2. The summed E-state index contributed by atoms with van der Waals surface area (Å²) >= 11 is 0. The van der Waals surface area contributed by atoms with Crippen LogP contribution in [0.2, 0.25) is 0 Å². The van der Waals surface area contributed by atoms with E-state index >= 15 is 0 Å². The van der Waals surface area contributed by atoms with Gasteiger partial charge in [-0.05, 0) is 5.56 Å². The molecule has 0 saturated heterocycles. The number of amides is 2. The van der Waals surface area contributed by atoms with Crippen LogP contribution in [0.5, 0.6) is 0 Å². The number of rotatable bonds is 3. The molecular weight excluding hydrogens is 192 g/mol. The van der Waals surface area contributed by atoms with Crippen LogP contribution >= 0.6 is 0 Å². The van der Waals surface area contributed by atoms with E-state index in [2.05, 4.69) is 5.32 Å². The van der Waals surface area contributed by atoms with Crippen molar-refractivity contribution in [1.82, 2.24) is 5.32 Å². The number of hydrogen-bond acceptors (Lipinski definition) is 3. The highest BCUT2D eigenvalue weighted by Crippen LogP contribution is 1.98. The van der Waals surface area contributed by atoms with Gasteiger partial charge in [0.2, 0.25) is 11.8 Å². The summed E-state index contributed by atoms with van der Waals surface area (Å²) in [4.78, 5) is 22.1. The molecule has 76 valence electrons. The maximum absolute atomic E-state index is 11.3. The highest BCUT2D eigenvalue weighted by Gasteiger charge is 2.07. The minimum Gasteiger partial charge on any atom is -0.295 e. The lowest BCUT2D eigenvalue weighted by atomic mass is 10.1. The van der Waals surface area contributed by atoms with Crippen molar-refractivity contribution in [3.8, 4) is 6.07 Å². The summed E-state index contributed by atoms with van der Waals surface area (Å²) in [5.74, 6) is -0.945. The first kappa shape index (κ1) is 10.9. The Balaban J connectivity index is 2.44. The van der Waals surface area contributed by atoms with Gasteiger partial charge in [-0.25, -0.2) is 0 Å². The van der Waals surface area contributed by atoms with Crippen LogP contribution in [0.1, 0.15) is 12.0 Å². The summed E-state index contributed by atoms with van der Waals surface area (Å²) in [7, 11) is 0. The molecule has 0 heterocycles. The fourth-order valence-corrected chi connectivity index (χ4v) is 1.10. The lowest BCUT2D eigenvalue weighted by Crippen LogP contribution is -2.31. The molecule has 0 spiro atoms. The van der Waals surface area contributed by atoms with E-state index in [1.54, 1.807) is 18.2 Å². The van der Waals surface area contributed by atoms with Crippen LogP contribution in [0.3, 0.4) is 0 Å². The third-order valence-corrected chi connectivity index (χ3v) is 1.73. The Morgan fingerprint density at radius 3 is 2.47 bits per heavy atom. The van der Waals surface area contributed by atoms with Crippen LogP contribution in [0.4, 0.5) is 0 Å². The van der Waals surface area contributed by atoms with E-state index in [1.807, 2.05) is 18.2 Å². The zero-order valence-electron chi connectivity index (χ0n) is 8.06.